The van der Waals surface area contributed by atoms with E-state index >= 15 is 0 Å². The van der Waals surface area contributed by atoms with Gasteiger partial charge in [0.15, 0.2) is 5.75 Å². The summed E-state index contributed by atoms with van der Waals surface area (Å²) in [5, 5.41) is 11.4. The summed E-state index contributed by atoms with van der Waals surface area (Å²) in [4.78, 5) is 22.3. The highest BCUT2D eigenvalue weighted by Gasteiger charge is 2.19. The predicted octanol–water partition coefficient (Wildman–Crippen LogP) is 3.61. The Bertz CT molecular complexity index is 717. The number of methoxy groups -OCH3 is 1. The third-order valence-corrected chi connectivity index (χ3v) is 3.30. The van der Waals surface area contributed by atoms with Crippen molar-refractivity contribution in [3.63, 3.8) is 0 Å². The fourth-order valence-electron chi connectivity index (χ4n) is 1.80. The Hall–Kier alpha value is -2.60. The van der Waals surface area contributed by atoms with Crippen LogP contribution in [0.3, 0.4) is 0 Å². The van der Waals surface area contributed by atoms with Crippen molar-refractivity contribution >= 4 is 23.3 Å². The number of halogens is 1. The molecule has 0 spiro atoms. The first-order chi connectivity index (χ1) is 10.5. The largest absolute Gasteiger partial charge is 0.490 e. The van der Waals surface area contributed by atoms with Crippen molar-refractivity contribution in [3.05, 3.63) is 68.7 Å². The number of esters is 1. The van der Waals surface area contributed by atoms with Gasteiger partial charge in [-0.1, -0.05) is 29.8 Å². The number of nitro groups is 1. The van der Waals surface area contributed by atoms with Gasteiger partial charge in [0, 0.05) is 16.7 Å². The van der Waals surface area contributed by atoms with Gasteiger partial charge in [0.05, 0.1) is 17.6 Å². The zero-order valence-electron chi connectivity index (χ0n) is 11.6. The standard InChI is InChI=1S/C15H12ClNO5/c1-21-14-7-6-10(8-13(14)17(19)20)15(18)22-9-11-4-2-3-5-12(11)16/h2-8H,9H2,1H3. The van der Waals surface area contributed by atoms with E-state index in [9.17, 15) is 14.9 Å². The average molecular weight is 322 g/mol. The molecule has 0 saturated carbocycles. The Morgan fingerprint density at radius 1 is 1.27 bits per heavy atom. The van der Waals surface area contributed by atoms with Gasteiger partial charge in [0.25, 0.3) is 0 Å². The first kappa shape index (κ1) is 15.8. The fourth-order valence-corrected chi connectivity index (χ4v) is 1.99. The van der Waals surface area contributed by atoms with Gasteiger partial charge in [-0.3, -0.25) is 10.1 Å². The lowest BCUT2D eigenvalue weighted by molar-refractivity contribution is -0.385. The van der Waals surface area contributed by atoms with Crippen molar-refractivity contribution < 1.29 is 19.2 Å². The summed E-state index contributed by atoms with van der Waals surface area (Å²) < 4.78 is 9.99. The molecule has 0 aromatic heterocycles. The number of ether oxygens (including phenoxy) is 2. The van der Waals surface area contributed by atoms with Gasteiger partial charge in [0.2, 0.25) is 0 Å². The summed E-state index contributed by atoms with van der Waals surface area (Å²) in [6, 6.07) is 10.8. The smallest absolute Gasteiger partial charge is 0.338 e. The van der Waals surface area contributed by atoms with Crippen LogP contribution in [-0.4, -0.2) is 18.0 Å². The molecule has 0 bridgehead atoms. The lowest BCUT2D eigenvalue weighted by Gasteiger charge is -2.07. The Kier molecular flexibility index (Phi) is 4.95. The van der Waals surface area contributed by atoms with E-state index in [0.29, 0.717) is 10.6 Å². The quantitative estimate of drug-likeness (QED) is 0.477. The van der Waals surface area contributed by atoms with Crippen molar-refractivity contribution in [2.45, 2.75) is 6.61 Å². The Morgan fingerprint density at radius 2 is 2.00 bits per heavy atom. The van der Waals surface area contributed by atoms with E-state index in [-0.39, 0.29) is 23.6 Å². The molecule has 0 radical (unpaired) electrons. The minimum atomic E-state index is -0.675. The van der Waals surface area contributed by atoms with Crippen LogP contribution in [0.15, 0.2) is 42.5 Å². The fraction of sp³-hybridized carbons (Fsp3) is 0.133. The Balaban J connectivity index is 2.15. The van der Waals surface area contributed by atoms with Crippen molar-refractivity contribution in [1.82, 2.24) is 0 Å². The SMILES string of the molecule is COc1ccc(C(=O)OCc2ccccc2Cl)cc1[N+](=O)[O-]. The second-order valence-electron chi connectivity index (χ2n) is 4.31. The molecule has 6 nitrogen and oxygen atoms in total. The van der Waals surface area contributed by atoms with Crippen molar-refractivity contribution in [3.8, 4) is 5.75 Å². The molecule has 0 fully saturated rings. The highest BCUT2D eigenvalue weighted by atomic mass is 35.5. The van der Waals surface area contributed by atoms with Crippen molar-refractivity contribution in [2.24, 2.45) is 0 Å². The van der Waals surface area contributed by atoms with E-state index in [1.54, 1.807) is 24.3 Å². The normalized spacial score (nSPS) is 10.1. The monoisotopic (exact) mass is 321 g/mol. The third-order valence-electron chi connectivity index (χ3n) is 2.93. The molecule has 0 aliphatic rings. The van der Waals surface area contributed by atoms with E-state index in [1.807, 2.05) is 0 Å². The second kappa shape index (κ2) is 6.91. The highest BCUT2D eigenvalue weighted by Crippen LogP contribution is 2.28. The molecule has 0 saturated heterocycles. The van der Waals surface area contributed by atoms with Crippen LogP contribution >= 0.6 is 11.6 Å². The molecule has 0 heterocycles. The maximum absolute atomic E-state index is 12.0. The zero-order chi connectivity index (χ0) is 16.1. The minimum Gasteiger partial charge on any atom is -0.490 e. The molecule has 22 heavy (non-hydrogen) atoms. The van der Waals surface area contributed by atoms with Crippen LogP contribution < -0.4 is 4.74 Å². The minimum absolute atomic E-state index is 0.0155. The van der Waals surface area contributed by atoms with E-state index in [4.69, 9.17) is 21.1 Å². The number of benzene rings is 2. The van der Waals surface area contributed by atoms with Crippen LogP contribution in [0.2, 0.25) is 5.02 Å². The number of hydrogen-bond donors (Lipinski definition) is 0. The van der Waals surface area contributed by atoms with Crippen LogP contribution in [0.1, 0.15) is 15.9 Å². The Morgan fingerprint density at radius 3 is 2.64 bits per heavy atom. The molecule has 0 N–H and O–H groups in total. The summed E-state index contributed by atoms with van der Waals surface area (Å²) in [5.41, 5.74) is 0.426. The second-order valence-corrected chi connectivity index (χ2v) is 4.72. The Labute approximate surface area is 131 Å². The maximum Gasteiger partial charge on any atom is 0.338 e. The predicted molar refractivity (Wildman–Crippen MR) is 80.2 cm³/mol. The van der Waals surface area contributed by atoms with E-state index < -0.39 is 10.9 Å². The summed E-state index contributed by atoms with van der Waals surface area (Å²) in [6.07, 6.45) is 0. The van der Waals surface area contributed by atoms with Gasteiger partial charge in [-0.05, 0) is 18.2 Å². The molecule has 0 aliphatic heterocycles. The first-order valence-electron chi connectivity index (χ1n) is 6.26. The molecule has 7 heteroatoms. The molecular formula is C15H12ClNO5. The number of carbonyl (C=O) groups is 1. The molecular weight excluding hydrogens is 310 g/mol. The van der Waals surface area contributed by atoms with Crippen molar-refractivity contribution in [1.29, 1.82) is 0 Å². The lowest BCUT2D eigenvalue weighted by atomic mass is 10.2. The van der Waals surface area contributed by atoms with Crippen LogP contribution in [0.4, 0.5) is 5.69 Å². The van der Waals surface area contributed by atoms with E-state index in [0.717, 1.165) is 6.07 Å². The summed E-state index contributed by atoms with van der Waals surface area (Å²) in [5.74, 6) is -0.599. The molecule has 0 amide bonds. The van der Waals surface area contributed by atoms with Gasteiger partial charge < -0.3 is 9.47 Å². The molecule has 2 aromatic rings. The van der Waals surface area contributed by atoms with Gasteiger partial charge in [-0.25, -0.2) is 4.79 Å². The van der Waals surface area contributed by atoms with Crippen molar-refractivity contribution in [2.75, 3.05) is 7.11 Å². The van der Waals surface area contributed by atoms with Crippen LogP contribution in [0.25, 0.3) is 0 Å². The lowest BCUT2D eigenvalue weighted by Crippen LogP contribution is -2.06. The van der Waals surface area contributed by atoms with Crippen LogP contribution in [0, 0.1) is 10.1 Å². The molecule has 2 rings (SSSR count). The summed E-state index contributed by atoms with van der Waals surface area (Å²) in [6.45, 7) is -0.0155. The number of nitrogens with zero attached hydrogens (tertiary/aromatic N) is 1. The number of nitro benzene ring substituents is 1. The first-order valence-corrected chi connectivity index (χ1v) is 6.63. The highest BCUT2D eigenvalue weighted by molar-refractivity contribution is 6.31. The molecule has 0 atom stereocenters. The molecule has 114 valence electrons. The number of carbonyl (C=O) groups excluding carboxylic acids is 1. The zero-order valence-corrected chi connectivity index (χ0v) is 12.4. The third kappa shape index (κ3) is 3.53. The van der Waals surface area contributed by atoms with Gasteiger partial charge in [-0.2, -0.15) is 0 Å². The topological polar surface area (TPSA) is 78.7 Å². The van der Waals surface area contributed by atoms with Crippen LogP contribution in [-0.2, 0) is 11.3 Å². The molecule has 0 aliphatic carbocycles. The summed E-state index contributed by atoms with van der Waals surface area (Å²) >= 11 is 5.96. The summed E-state index contributed by atoms with van der Waals surface area (Å²) in [7, 11) is 1.32. The average Bonchev–Trinajstić information content (AvgIpc) is 2.53. The molecule has 2 aromatic carbocycles. The van der Waals surface area contributed by atoms with E-state index in [2.05, 4.69) is 0 Å². The number of hydrogen-bond acceptors (Lipinski definition) is 5. The molecule has 0 unspecified atom stereocenters. The maximum atomic E-state index is 12.0. The van der Waals surface area contributed by atoms with Gasteiger partial charge >= 0.3 is 11.7 Å². The van der Waals surface area contributed by atoms with Gasteiger partial charge in [-0.15, -0.1) is 0 Å². The van der Waals surface area contributed by atoms with E-state index in [1.165, 1.54) is 19.2 Å². The van der Waals surface area contributed by atoms with Crippen LogP contribution in [0.5, 0.6) is 5.75 Å². The van der Waals surface area contributed by atoms with Gasteiger partial charge in [0.1, 0.15) is 6.61 Å². The number of rotatable bonds is 5.